The van der Waals surface area contributed by atoms with Crippen LogP contribution in [0.5, 0.6) is 5.75 Å². The van der Waals surface area contributed by atoms with E-state index in [1.165, 1.54) is 0 Å². The summed E-state index contributed by atoms with van der Waals surface area (Å²) in [6, 6.07) is 15.7. The van der Waals surface area contributed by atoms with Crippen LogP contribution in [0, 0.1) is 0 Å². The van der Waals surface area contributed by atoms with E-state index in [9.17, 15) is 0 Å². The highest BCUT2D eigenvalue weighted by atomic mass is 35.5. The summed E-state index contributed by atoms with van der Waals surface area (Å²) in [4.78, 5) is 16.1. The standard InChI is InChI=1S/C22H17ClN4O/c1-28-15-7-8-19-17(12-15)22(26-21(25-19)14-4-3-10-24-13-14)27-11-9-16-18(23)5-2-6-20(16)27/h2-8,10,12-13H,9,11H2,1H3. The van der Waals surface area contributed by atoms with Crippen LogP contribution in [0.3, 0.4) is 0 Å². The van der Waals surface area contributed by atoms with Crippen LogP contribution in [0.2, 0.25) is 5.02 Å². The van der Waals surface area contributed by atoms with E-state index in [0.717, 1.165) is 57.3 Å². The summed E-state index contributed by atoms with van der Waals surface area (Å²) in [6.07, 6.45) is 4.41. The van der Waals surface area contributed by atoms with Crippen LogP contribution < -0.4 is 9.64 Å². The van der Waals surface area contributed by atoms with Gasteiger partial charge in [0, 0.05) is 40.6 Å². The monoisotopic (exact) mass is 388 g/mol. The molecule has 138 valence electrons. The van der Waals surface area contributed by atoms with Gasteiger partial charge in [-0.15, -0.1) is 0 Å². The fraction of sp³-hybridized carbons (Fsp3) is 0.136. The molecule has 0 fully saturated rings. The van der Waals surface area contributed by atoms with Gasteiger partial charge in [-0.1, -0.05) is 17.7 Å². The van der Waals surface area contributed by atoms with Gasteiger partial charge in [-0.05, 0) is 54.4 Å². The molecule has 3 heterocycles. The zero-order valence-electron chi connectivity index (χ0n) is 15.3. The van der Waals surface area contributed by atoms with Crippen molar-refractivity contribution >= 4 is 34.0 Å². The van der Waals surface area contributed by atoms with Gasteiger partial charge in [-0.3, -0.25) is 4.98 Å². The van der Waals surface area contributed by atoms with E-state index in [1.54, 1.807) is 19.5 Å². The van der Waals surface area contributed by atoms with Crippen LogP contribution in [0.25, 0.3) is 22.3 Å². The summed E-state index contributed by atoms with van der Waals surface area (Å²) >= 11 is 6.43. The number of hydrogen-bond donors (Lipinski definition) is 0. The molecule has 0 amide bonds. The Kier molecular flexibility index (Phi) is 4.10. The molecule has 5 nitrogen and oxygen atoms in total. The second-order valence-corrected chi connectivity index (χ2v) is 7.04. The third-order valence-electron chi connectivity index (χ3n) is 5.03. The number of ether oxygens (including phenoxy) is 1. The van der Waals surface area contributed by atoms with E-state index in [4.69, 9.17) is 26.3 Å². The average molecular weight is 389 g/mol. The molecule has 0 aliphatic carbocycles. The van der Waals surface area contributed by atoms with Crippen molar-refractivity contribution in [3.63, 3.8) is 0 Å². The van der Waals surface area contributed by atoms with Crippen molar-refractivity contribution in [2.24, 2.45) is 0 Å². The Morgan fingerprint density at radius 2 is 2.00 bits per heavy atom. The summed E-state index contributed by atoms with van der Waals surface area (Å²) in [7, 11) is 1.66. The second-order valence-electron chi connectivity index (χ2n) is 6.63. The number of halogens is 1. The summed E-state index contributed by atoms with van der Waals surface area (Å²) in [5, 5.41) is 1.74. The van der Waals surface area contributed by atoms with Crippen molar-refractivity contribution in [3.05, 3.63) is 71.5 Å². The Labute approximate surface area is 167 Å². The number of hydrogen-bond acceptors (Lipinski definition) is 5. The topological polar surface area (TPSA) is 51.1 Å². The highest BCUT2D eigenvalue weighted by molar-refractivity contribution is 6.31. The Morgan fingerprint density at radius 3 is 2.82 bits per heavy atom. The quantitative estimate of drug-likeness (QED) is 0.491. The van der Waals surface area contributed by atoms with Gasteiger partial charge in [0.25, 0.3) is 0 Å². The zero-order valence-corrected chi connectivity index (χ0v) is 16.0. The lowest BCUT2D eigenvalue weighted by Crippen LogP contribution is -2.16. The van der Waals surface area contributed by atoms with Crippen LogP contribution >= 0.6 is 11.6 Å². The van der Waals surface area contributed by atoms with Gasteiger partial charge >= 0.3 is 0 Å². The Balaban J connectivity index is 1.76. The first kappa shape index (κ1) is 17.0. The molecular formula is C22H17ClN4O. The van der Waals surface area contributed by atoms with Gasteiger partial charge in [0.2, 0.25) is 0 Å². The normalized spacial score (nSPS) is 13.0. The minimum atomic E-state index is 0.649. The third kappa shape index (κ3) is 2.75. The largest absolute Gasteiger partial charge is 0.497 e. The molecule has 2 aromatic carbocycles. The van der Waals surface area contributed by atoms with Crippen LogP contribution in [-0.2, 0) is 6.42 Å². The van der Waals surface area contributed by atoms with Gasteiger partial charge in [-0.2, -0.15) is 0 Å². The molecule has 0 atom stereocenters. The van der Waals surface area contributed by atoms with Gasteiger partial charge in [0.05, 0.1) is 12.6 Å². The molecule has 2 aromatic heterocycles. The highest BCUT2D eigenvalue weighted by Gasteiger charge is 2.26. The SMILES string of the molecule is COc1ccc2nc(-c3cccnc3)nc(N3CCc4c(Cl)cccc43)c2c1. The molecule has 4 aromatic rings. The highest BCUT2D eigenvalue weighted by Crippen LogP contribution is 2.40. The van der Waals surface area contributed by atoms with Gasteiger partial charge in [0.1, 0.15) is 11.6 Å². The van der Waals surface area contributed by atoms with Crippen molar-refractivity contribution in [2.45, 2.75) is 6.42 Å². The lowest BCUT2D eigenvalue weighted by atomic mass is 10.1. The first-order valence-electron chi connectivity index (χ1n) is 9.06. The number of anilines is 2. The predicted octanol–water partition coefficient (Wildman–Crippen LogP) is 5.05. The number of benzene rings is 2. The zero-order chi connectivity index (χ0) is 19.1. The lowest BCUT2D eigenvalue weighted by Gasteiger charge is -2.21. The average Bonchev–Trinajstić information content (AvgIpc) is 3.18. The van der Waals surface area contributed by atoms with Gasteiger partial charge in [0.15, 0.2) is 5.82 Å². The van der Waals surface area contributed by atoms with E-state index < -0.39 is 0 Å². The maximum Gasteiger partial charge on any atom is 0.163 e. The summed E-state index contributed by atoms with van der Waals surface area (Å²) in [5.41, 5.74) is 3.99. The molecule has 1 aliphatic rings. The van der Waals surface area contributed by atoms with Crippen LogP contribution in [-0.4, -0.2) is 28.6 Å². The number of pyridine rings is 1. The fourth-order valence-electron chi connectivity index (χ4n) is 3.66. The molecule has 28 heavy (non-hydrogen) atoms. The van der Waals surface area contributed by atoms with E-state index in [-0.39, 0.29) is 0 Å². The van der Waals surface area contributed by atoms with E-state index >= 15 is 0 Å². The van der Waals surface area contributed by atoms with Crippen LogP contribution in [0.1, 0.15) is 5.56 Å². The van der Waals surface area contributed by atoms with E-state index in [2.05, 4.69) is 16.0 Å². The fourth-order valence-corrected chi connectivity index (χ4v) is 3.92. The maximum absolute atomic E-state index is 6.43. The number of fused-ring (bicyclic) bond motifs is 2. The molecule has 0 saturated carbocycles. The molecule has 0 spiro atoms. The molecule has 6 heteroatoms. The van der Waals surface area contributed by atoms with E-state index in [1.807, 2.05) is 42.5 Å². The molecule has 0 saturated heterocycles. The maximum atomic E-state index is 6.43. The van der Waals surface area contributed by atoms with E-state index in [0.29, 0.717) is 5.82 Å². The summed E-state index contributed by atoms with van der Waals surface area (Å²) in [6.45, 7) is 0.814. The van der Waals surface area contributed by atoms with Crippen molar-refractivity contribution in [1.82, 2.24) is 15.0 Å². The second kappa shape index (κ2) is 6.77. The van der Waals surface area contributed by atoms with Crippen molar-refractivity contribution in [1.29, 1.82) is 0 Å². The third-order valence-corrected chi connectivity index (χ3v) is 5.38. The lowest BCUT2D eigenvalue weighted by molar-refractivity contribution is 0.415. The molecule has 0 N–H and O–H groups in total. The van der Waals surface area contributed by atoms with Crippen molar-refractivity contribution in [2.75, 3.05) is 18.6 Å². The number of rotatable bonds is 3. The number of nitrogens with zero attached hydrogens (tertiary/aromatic N) is 4. The molecule has 0 unspecified atom stereocenters. The molecule has 1 aliphatic heterocycles. The minimum absolute atomic E-state index is 0.649. The smallest absolute Gasteiger partial charge is 0.163 e. The number of methoxy groups -OCH3 is 1. The molecule has 5 rings (SSSR count). The van der Waals surface area contributed by atoms with Crippen LogP contribution in [0.15, 0.2) is 60.9 Å². The predicted molar refractivity (Wildman–Crippen MR) is 111 cm³/mol. The van der Waals surface area contributed by atoms with Crippen LogP contribution in [0.4, 0.5) is 11.5 Å². The van der Waals surface area contributed by atoms with Gasteiger partial charge < -0.3 is 9.64 Å². The first-order valence-corrected chi connectivity index (χ1v) is 9.43. The number of aromatic nitrogens is 3. The molecule has 0 bridgehead atoms. The minimum Gasteiger partial charge on any atom is -0.497 e. The van der Waals surface area contributed by atoms with Gasteiger partial charge in [-0.25, -0.2) is 9.97 Å². The van der Waals surface area contributed by atoms with Crippen molar-refractivity contribution in [3.8, 4) is 17.1 Å². The summed E-state index contributed by atoms with van der Waals surface area (Å²) < 4.78 is 5.44. The first-order chi connectivity index (χ1) is 13.7. The Morgan fingerprint density at radius 1 is 1.07 bits per heavy atom. The Hall–Kier alpha value is -3.18. The summed E-state index contributed by atoms with van der Waals surface area (Å²) in [5.74, 6) is 2.28. The van der Waals surface area contributed by atoms with Crippen molar-refractivity contribution < 1.29 is 4.74 Å². The molecule has 0 radical (unpaired) electrons. The molecular weight excluding hydrogens is 372 g/mol. The Bertz CT molecular complexity index is 1180.